The number of carbonyl (C=O) groups is 1. The molecule has 2 aliphatic heterocycles. The van der Waals surface area contributed by atoms with Gasteiger partial charge in [-0.1, -0.05) is 18.2 Å². The lowest BCUT2D eigenvalue weighted by atomic mass is 10.2. The third kappa shape index (κ3) is 4.27. The first-order valence-corrected chi connectivity index (χ1v) is 9.77. The minimum absolute atomic E-state index is 0.0543. The molecule has 2 heterocycles. The highest BCUT2D eigenvalue weighted by Crippen LogP contribution is 2.30. The van der Waals surface area contributed by atoms with E-state index in [1.54, 1.807) is 0 Å². The molecule has 4 rings (SSSR count). The number of benzene rings is 1. The average molecular weight is 343 g/mol. The van der Waals surface area contributed by atoms with E-state index in [0.717, 1.165) is 43.3 Å². The first-order chi connectivity index (χ1) is 12.3. The molecule has 1 aromatic carbocycles. The minimum Gasteiger partial charge on any atom is -0.493 e. The second-order valence-corrected chi connectivity index (χ2v) is 7.65. The van der Waals surface area contributed by atoms with Gasteiger partial charge < -0.3 is 15.0 Å². The van der Waals surface area contributed by atoms with E-state index in [0.29, 0.717) is 12.6 Å². The lowest BCUT2D eigenvalue weighted by molar-refractivity contribution is 0.198. The van der Waals surface area contributed by atoms with Gasteiger partial charge in [0.2, 0.25) is 0 Å². The molecule has 1 saturated carbocycles. The van der Waals surface area contributed by atoms with Crippen LogP contribution in [0.15, 0.2) is 24.3 Å². The van der Waals surface area contributed by atoms with E-state index in [2.05, 4.69) is 10.2 Å². The Hall–Kier alpha value is -1.75. The first-order valence-electron chi connectivity index (χ1n) is 9.77. The summed E-state index contributed by atoms with van der Waals surface area (Å²) in [7, 11) is 0. The molecule has 1 atom stereocenters. The van der Waals surface area contributed by atoms with E-state index >= 15 is 0 Å². The van der Waals surface area contributed by atoms with Crippen LogP contribution in [0, 0.1) is 5.92 Å². The second kappa shape index (κ2) is 7.65. The largest absolute Gasteiger partial charge is 0.493 e. The molecule has 2 amide bonds. The predicted molar refractivity (Wildman–Crippen MR) is 97.7 cm³/mol. The van der Waals surface area contributed by atoms with E-state index in [9.17, 15) is 4.79 Å². The quantitative estimate of drug-likeness (QED) is 0.864. The Labute approximate surface area is 150 Å². The molecule has 25 heavy (non-hydrogen) atoms. The molecule has 1 N–H and O–H groups in total. The number of nitrogens with one attached hydrogen (secondary N) is 1. The molecule has 1 aromatic rings. The van der Waals surface area contributed by atoms with Gasteiger partial charge in [-0.25, -0.2) is 4.79 Å². The Morgan fingerprint density at radius 2 is 1.92 bits per heavy atom. The van der Waals surface area contributed by atoms with Crippen LogP contribution in [-0.2, 0) is 6.54 Å². The maximum Gasteiger partial charge on any atom is 0.317 e. The molecule has 136 valence electrons. The van der Waals surface area contributed by atoms with Gasteiger partial charge in [-0.05, 0) is 57.2 Å². The lowest BCUT2D eigenvalue weighted by Crippen LogP contribution is -2.41. The molecular weight excluding hydrogens is 314 g/mol. The van der Waals surface area contributed by atoms with Crippen LogP contribution in [0.25, 0.3) is 0 Å². The van der Waals surface area contributed by atoms with Crippen LogP contribution < -0.4 is 10.1 Å². The van der Waals surface area contributed by atoms with Gasteiger partial charge in [0.05, 0.1) is 6.61 Å². The number of carbonyl (C=O) groups excluding carboxylic acids is 1. The molecule has 5 nitrogen and oxygen atoms in total. The molecule has 3 fully saturated rings. The SMILES string of the molecule is O=C(NCc1ccccc1OCC1CC1)N1CCC(N2CCCC2)C1. The summed E-state index contributed by atoms with van der Waals surface area (Å²) in [5.74, 6) is 1.64. The van der Waals surface area contributed by atoms with Crippen molar-refractivity contribution in [2.75, 3.05) is 32.8 Å². The van der Waals surface area contributed by atoms with Crippen LogP contribution in [0.1, 0.15) is 37.7 Å². The molecule has 1 aliphatic carbocycles. The highest BCUT2D eigenvalue weighted by atomic mass is 16.5. The number of urea groups is 1. The number of hydrogen-bond acceptors (Lipinski definition) is 3. The van der Waals surface area contributed by atoms with Crippen molar-refractivity contribution in [1.82, 2.24) is 15.1 Å². The first kappa shape index (κ1) is 16.7. The minimum atomic E-state index is 0.0543. The van der Waals surface area contributed by atoms with E-state index in [1.807, 2.05) is 29.2 Å². The van der Waals surface area contributed by atoms with E-state index in [-0.39, 0.29) is 6.03 Å². The molecule has 5 heteroatoms. The molecular formula is C20H29N3O2. The van der Waals surface area contributed by atoms with Gasteiger partial charge in [-0.2, -0.15) is 0 Å². The summed E-state index contributed by atoms with van der Waals surface area (Å²) < 4.78 is 5.93. The van der Waals surface area contributed by atoms with E-state index < -0.39 is 0 Å². The second-order valence-electron chi connectivity index (χ2n) is 7.65. The van der Waals surface area contributed by atoms with E-state index in [1.165, 1.54) is 38.8 Å². The summed E-state index contributed by atoms with van der Waals surface area (Å²) in [4.78, 5) is 17.0. The van der Waals surface area contributed by atoms with Crippen LogP contribution in [-0.4, -0.2) is 54.7 Å². The Kier molecular flexibility index (Phi) is 5.11. The number of likely N-dealkylation sites (tertiary alicyclic amines) is 2. The summed E-state index contributed by atoms with van der Waals surface area (Å²) in [5, 5.41) is 3.08. The van der Waals surface area contributed by atoms with Crippen LogP contribution in [0.3, 0.4) is 0 Å². The fraction of sp³-hybridized carbons (Fsp3) is 0.650. The number of amides is 2. The zero-order valence-corrected chi connectivity index (χ0v) is 15.0. The van der Waals surface area contributed by atoms with Crippen molar-refractivity contribution in [3.05, 3.63) is 29.8 Å². The number of para-hydroxylation sites is 1. The van der Waals surface area contributed by atoms with Crippen molar-refractivity contribution in [2.45, 2.75) is 44.7 Å². The number of hydrogen-bond donors (Lipinski definition) is 1. The topological polar surface area (TPSA) is 44.8 Å². The maximum absolute atomic E-state index is 12.5. The van der Waals surface area contributed by atoms with Gasteiger partial charge in [0.15, 0.2) is 0 Å². The Bertz CT molecular complexity index is 596. The molecule has 3 aliphatic rings. The zero-order valence-electron chi connectivity index (χ0n) is 15.0. The molecule has 0 spiro atoms. The number of rotatable bonds is 6. The molecule has 0 aromatic heterocycles. The van der Waals surface area contributed by atoms with Crippen LogP contribution in [0.5, 0.6) is 5.75 Å². The van der Waals surface area contributed by atoms with Gasteiger partial charge in [0.1, 0.15) is 5.75 Å². The number of ether oxygens (including phenoxy) is 1. The normalized spacial score (nSPS) is 23.8. The standard InChI is InChI=1S/C20H29N3O2/c24-20(23-12-9-18(14-23)22-10-3-4-11-22)21-13-17-5-1-2-6-19(17)25-15-16-7-8-16/h1-2,5-6,16,18H,3-4,7-15H2,(H,21,24). The van der Waals surface area contributed by atoms with Gasteiger partial charge in [0, 0.05) is 31.2 Å². The van der Waals surface area contributed by atoms with Gasteiger partial charge in [-0.15, -0.1) is 0 Å². The van der Waals surface area contributed by atoms with Crippen molar-refractivity contribution >= 4 is 6.03 Å². The summed E-state index contributed by atoms with van der Waals surface area (Å²) in [6, 6.07) is 8.66. The fourth-order valence-electron chi connectivity index (χ4n) is 3.90. The van der Waals surface area contributed by atoms with Crippen molar-refractivity contribution in [1.29, 1.82) is 0 Å². The van der Waals surface area contributed by atoms with Crippen molar-refractivity contribution in [3.63, 3.8) is 0 Å². The monoisotopic (exact) mass is 343 g/mol. The van der Waals surface area contributed by atoms with Gasteiger partial charge in [-0.3, -0.25) is 4.90 Å². The van der Waals surface area contributed by atoms with Crippen LogP contribution in [0.4, 0.5) is 4.79 Å². The number of nitrogens with zero attached hydrogens (tertiary/aromatic N) is 2. The van der Waals surface area contributed by atoms with Gasteiger partial charge in [0.25, 0.3) is 0 Å². The predicted octanol–water partition coefficient (Wildman–Crippen LogP) is 2.86. The van der Waals surface area contributed by atoms with E-state index in [4.69, 9.17) is 4.74 Å². The Morgan fingerprint density at radius 3 is 2.72 bits per heavy atom. The zero-order chi connectivity index (χ0) is 17.1. The lowest BCUT2D eigenvalue weighted by Gasteiger charge is -2.23. The Balaban J connectivity index is 1.27. The van der Waals surface area contributed by atoms with Crippen molar-refractivity contribution < 1.29 is 9.53 Å². The average Bonchev–Trinajstić information content (AvgIpc) is 3.11. The van der Waals surface area contributed by atoms with Crippen LogP contribution in [0.2, 0.25) is 0 Å². The molecule has 0 radical (unpaired) electrons. The third-order valence-corrected chi connectivity index (χ3v) is 5.68. The highest BCUT2D eigenvalue weighted by Gasteiger charge is 2.31. The third-order valence-electron chi connectivity index (χ3n) is 5.68. The highest BCUT2D eigenvalue weighted by molar-refractivity contribution is 5.74. The summed E-state index contributed by atoms with van der Waals surface area (Å²) in [6.07, 6.45) is 6.28. The fourth-order valence-corrected chi connectivity index (χ4v) is 3.90. The summed E-state index contributed by atoms with van der Waals surface area (Å²) >= 11 is 0. The van der Waals surface area contributed by atoms with Crippen LogP contribution >= 0.6 is 0 Å². The molecule has 0 bridgehead atoms. The molecule has 2 saturated heterocycles. The Morgan fingerprint density at radius 1 is 1.12 bits per heavy atom. The summed E-state index contributed by atoms with van der Waals surface area (Å²) in [6.45, 7) is 5.47. The smallest absolute Gasteiger partial charge is 0.317 e. The van der Waals surface area contributed by atoms with Crippen molar-refractivity contribution in [2.24, 2.45) is 5.92 Å². The van der Waals surface area contributed by atoms with Gasteiger partial charge >= 0.3 is 6.03 Å². The maximum atomic E-state index is 12.5. The molecule has 1 unspecified atom stereocenters. The van der Waals surface area contributed by atoms with Crippen molar-refractivity contribution in [3.8, 4) is 5.75 Å². The summed E-state index contributed by atoms with van der Waals surface area (Å²) in [5.41, 5.74) is 1.06.